The lowest BCUT2D eigenvalue weighted by molar-refractivity contribution is 0.0696. The number of imidazole rings is 1. The standard InChI is InChI=1S/C22H27N5O2/c1-15(2)13-19-24-21(29-25-19)16-7-6-11-27(14-16)22(28)18-9-5-4-8-17(18)20-23-10-12-26(20)3/h4-5,8-10,12,15-16H,6-7,11,13-14H2,1-3H3. The van der Waals surface area contributed by atoms with E-state index in [0.29, 0.717) is 23.9 Å². The SMILES string of the molecule is CC(C)Cc1noc(C2CCCN(C(=O)c3ccccc3-c3nccn3C)C2)n1. The van der Waals surface area contributed by atoms with Crippen molar-refractivity contribution in [1.82, 2.24) is 24.6 Å². The van der Waals surface area contributed by atoms with Crippen molar-refractivity contribution >= 4 is 5.91 Å². The summed E-state index contributed by atoms with van der Waals surface area (Å²) in [5.41, 5.74) is 1.53. The lowest BCUT2D eigenvalue weighted by atomic mass is 9.96. The van der Waals surface area contributed by atoms with Gasteiger partial charge in [0.1, 0.15) is 5.82 Å². The van der Waals surface area contributed by atoms with Crippen LogP contribution in [0, 0.1) is 5.92 Å². The van der Waals surface area contributed by atoms with Crippen molar-refractivity contribution in [2.75, 3.05) is 13.1 Å². The van der Waals surface area contributed by atoms with E-state index in [-0.39, 0.29) is 11.8 Å². The number of likely N-dealkylation sites (tertiary alicyclic amines) is 1. The van der Waals surface area contributed by atoms with E-state index in [1.165, 1.54) is 0 Å². The number of amides is 1. The Morgan fingerprint density at radius 2 is 2.14 bits per heavy atom. The van der Waals surface area contributed by atoms with Crippen LogP contribution in [0.1, 0.15) is 54.7 Å². The Morgan fingerprint density at radius 1 is 1.31 bits per heavy atom. The second-order valence-corrected chi connectivity index (χ2v) is 8.14. The zero-order valence-corrected chi connectivity index (χ0v) is 17.2. The number of hydrogen-bond donors (Lipinski definition) is 0. The highest BCUT2D eigenvalue weighted by Gasteiger charge is 2.30. The van der Waals surface area contributed by atoms with E-state index in [4.69, 9.17) is 4.52 Å². The zero-order valence-electron chi connectivity index (χ0n) is 17.2. The third kappa shape index (κ3) is 4.09. The first-order valence-electron chi connectivity index (χ1n) is 10.2. The second kappa shape index (κ2) is 8.19. The third-order valence-electron chi connectivity index (χ3n) is 5.35. The van der Waals surface area contributed by atoms with E-state index in [0.717, 1.165) is 43.0 Å². The van der Waals surface area contributed by atoms with E-state index in [1.54, 1.807) is 6.20 Å². The molecule has 29 heavy (non-hydrogen) atoms. The van der Waals surface area contributed by atoms with Gasteiger partial charge in [0.05, 0.1) is 11.5 Å². The summed E-state index contributed by atoms with van der Waals surface area (Å²) < 4.78 is 7.46. The van der Waals surface area contributed by atoms with Gasteiger partial charge >= 0.3 is 0 Å². The lowest BCUT2D eigenvalue weighted by Crippen LogP contribution is -2.39. The number of nitrogens with zero attached hydrogens (tertiary/aromatic N) is 5. The van der Waals surface area contributed by atoms with Gasteiger partial charge in [-0.15, -0.1) is 0 Å². The molecule has 3 heterocycles. The number of piperidine rings is 1. The van der Waals surface area contributed by atoms with Crippen LogP contribution in [0.2, 0.25) is 0 Å². The quantitative estimate of drug-likeness (QED) is 0.661. The second-order valence-electron chi connectivity index (χ2n) is 8.14. The van der Waals surface area contributed by atoms with Gasteiger partial charge in [-0.05, 0) is 24.8 Å². The van der Waals surface area contributed by atoms with Crippen molar-refractivity contribution < 1.29 is 9.32 Å². The topological polar surface area (TPSA) is 77.0 Å². The maximum atomic E-state index is 13.4. The van der Waals surface area contributed by atoms with Gasteiger partial charge in [-0.3, -0.25) is 4.79 Å². The smallest absolute Gasteiger partial charge is 0.254 e. The molecule has 1 aliphatic rings. The number of aryl methyl sites for hydroxylation is 1. The van der Waals surface area contributed by atoms with Crippen LogP contribution < -0.4 is 0 Å². The van der Waals surface area contributed by atoms with E-state index in [2.05, 4.69) is 29.0 Å². The van der Waals surface area contributed by atoms with Crippen LogP contribution in [-0.2, 0) is 13.5 Å². The summed E-state index contributed by atoms with van der Waals surface area (Å²) >= 11 is 0. The summed E-state index contributed by atoms with van der Waals surface area (Å²) in [5.74, 6) is 2.77. The zero-order chi connectivity index (χ0) is 20.4. The molecule has 4 rings (SSSR count). The molecule has 1 unspecified atom stereocenters. The van der Waals surface area contributed by atoms with E-state index in [9.17, 15) is 4.79 Å². The highest BCUT2D eigenvalue weighted by Crippen LogP contribution is 2.29. The fourth-order valence-corrected chi connectivity index (χ4v) is 3.90. The monoisotopic (exact) mass is 393 g/mol. The Bertz CT molecular complexity index is 991. The molecule has 1 aliphatic heterocycles. The Labute approximate surface area is 170 Å². The number of carbonyl (C=O) groups is 1. The molecule has 0 spiro atoms. The normalized spacial score (nSPS) is 17.1. The predicted octanol–water partition coefficient (Wildman–Crippen LogP) is 3.69. The van der Waals surface area contributed by atoms with Crippen molar-refractivity contribution in [3.63, 3.8) is 0 Å². The summed E-state index contributed by atoms with van der Waals surface area (Å²) in [6.07, 6.45) is 6.31. The van der Waals surface area contributed by atoms with Gasteiger partial charge in [0.15, 0.2) is 5.82 Å². The average molecular weight is 393 g/mol. The highest BCUT2D eigenvalue weighted by molar-refractivity contribution is 6.00. The molecule has 2 aromatic heterocycles. The molecule has 7 nitrogen and oxygen atoms in total. The summed E-state index contributed by atoms with van der Waals surface area (Å²) in [6.45, 7) is 5.60. The first-order chi connectivity index (χ1) is 14.0. The third-order valence-corrected chi connectivity index (χ3v) is 5.35. The molecule has 0 N–H and O–H groups in total. The molecule has 1 aromatic carbocycles. The molecule has 0 saturated carbocycles. The van der Waals surface area contributed by atoms with E-state index >= 15 is 0 Å². The number of rotatable bonds is 5. The molecule has 1 fully saturated rings. The number of aromatic nitrogens is 4. The fourth-order valence-electron chi connectivity index (χ4n) is 3.90. The maximum Gasteiger partial charge on any atom is 0.254 e. The summed E-state index contributed by atoms with van der Waals surface area (Å²) in [5, 5.41) is 4.12. The molecule has 3 aromatic rings. The van der Waals surface area contributed by atoms with Gasteiger partial charge in [-0.2, -0.15) is 4.98 Å². The summed E-state index contributed by atoms with van der Waals surface area (Å²) in [6, 6.07) is 7.67. The van der Waals surface area contributed by atoms with Crippen LogP contribution in [0.4, 0.5) is 0 Å². The minimum atomic E-state index is 0.0234. The van der Waals surface area contributed by atoms with Gasteiger partial charge in [0, 0.05) is 44.5 Å². The molecule has 1 atom stereocenters. The molecule has 0 radical (unpaired) electrons. The minimum absolute atomic E-state index is 0.0234. The maximum absolute atomic E-state index is 13.4. The molecular weight excluding hydrogens is 366 g/mol. The van der Waals surface area contributed by atoms with Crippen molar-refractivity contribution in [3.05, 3.63) is 53.9 Å². The van der Waals surface area contributed by atoms with Crippen LogP contribution >= 0.6 is 0 Å². The number of carbonyl (C=O) groups excluding carboxylic acids is 1. The van der Waals surface area contributed by atoms with Crippen molar-refractivity contribution in [2.45, 2.75) is 39.0 Å². The highest BCUT2D eigenvalue weighted by atomic mass is 16.5. The molecule has 1 saturated heterocycles. The van der Waals surface area contributed by atoms with Crippen LogP contribution in [0.5, 0.6) is 0 Å². The molecular formula is C22H27N5O2. The van der Waals surface area contributed by atoms with Gasteiger partial charge in [-0.25, -0.2) is 4.98 Å². The van der Waals surface area contributed by atoms with Gasteiger partial charge in [0.25, 0.3) is 5.91 Å². The molecule has 0 aliphatic carbocycles. The van der Waals surface area contributed by atoms with Gasteiger partial charge in [0.2, 0.25) is 5.89 Å². The predicted molar refractivity (Wildman–Crippen MR) is 109 cm³/mol. The van der Waals surface area contributed by atoms with Crippen molar-refractivity contribution in [1.29, 1.82) is 0 Å². The summed E-state index contributed by atoms with van der Waals surface area (Å²) in [7, 11) is 1.94. The lowest BCUT2D eigenvalue weighted by Gasteiger charge is -2.31. The van der Waals surface area contributed by atoms with E-state index in [1.807, 2.05) is 47.0 Å². The molecule has 7 heteroatoms. The number of benzene rings is 1. The van der Waals surface area contributed by atoms with Crippen LogP contribution in [-0.4, -0.2) is 43.6 Å². The largest absolute Gasteiger partial charge is 0.339 e. The minimum Gasteiger partial charge on any atom is -0.339 e. The Morgan fingerprint density at radius 3 is 2.90 bits per heavy atom. The first-order valence-corrected chi connectivity index (χ1v) is 10.2. The van der Waals surface area contributed by atoms with Crippen LogP contribution in [0.25, 0.3) is 11.4 Å². The number of hydrogen-bond acceptors (Lipinski definition) is 5. The molecule has 1 amide bonds. The van der Waals surface area contributed by atoms with Crippen LogP contribution in [0.3, 0.4) is 0 Å². The van der Waals surface area contributed by atoms with E-state index < -0.39 is 0 Å². The fraction of sp³-hybridized carbons (Fsp3) is 0.455. The Kier molecular flexibility index (Phi) is 5.47. The van der Waals surface area contributed by atoms with Gasteiger partial charge in [-0.1, -0.05) is 37.2 Å². The summed E-state index contributed by atoms with van der Waals surface area (Å²) in [4.78, 5) is 24.3. The van der Waals surface area contributed by atoms with Crippen LogP contribution in [0.15, 0.2) is 41.2 Å². The van der Waals surface area contributed by atoms with Crippen molar-refractivity contribution in [2.24, 2.45) is 13.0 Å². The van der Waals surface area contributed by atoms with Gasteiger partial charge < -0.3 is 14.0 Å². The van der Waals surface area contributed by atoms with Crippen molar-refractivity contribution in [3.8, 4) is 11.4 Å². The Hall–Kier alpha value is -2.96. The first kappa shape index (κ1) is 19.4. The molecule has 152 valence electrons. The Balaban J connectivity index is 1.54. The molecule has 0 bridgehead atoms. The average Bonchev–Trinajstić information content (AvgIpc) is 3.36.